The third kappa shape index (κ3) is 6.16. The molecule has 1 saturated heterocycles. The van der Waals surface area contributed by atoms with Gasteiger partial charge in [0, 0.05) is 10.2 Å². The number of halogens is 1. The third-order valence-electron chi connectivity index (χ3n) is 5.37. The fourth-order valence-corrected chi connectivity index (χ4v) is 4.83. The summed E-state index contributed by atoms with van der Waals surface area (Å²) in [4.78, 5) is 39.2. The van der Waals surface area contributed by atoms with E-state index in [-0.39, 0.29) is 30.2 Å². The lowest BCUT2D eigenvalue weighted by molar-refractivity contribution is -0.123. The van der Waals surface area contributed by atoms with E-state index >= 15 is 0 Å². The molecule has 1 fully saturated rings. The van der Waals surface area contributed by atoms with Crippen molar-refractivity contribution in [3.8, 4) is 11.5 Å². The highest BCUT2D eigenvalue weighted by Gasteiger charge is 2.35. The van der Waals surface area contributed by atoms with Crippen LogP contribution in [0.25, 0.3) is 6.08 Å². The van der Waals surface area contributed by atoms with Crippen molar-refractivity contribution in [2.45, 2.75) is 13.5 Å². The number of nitrogens with one attached hydrogen (secondary N) is 1. The van der Waals surface area contributed by atoms with E-state index in [0.717, 1.165) is 33.0 Å². The molecule has 1 N–H and O–H groups in total. The van der Waals surface area contributed by atoms with Crippen molar-refractivity contribution in [3.05, 3.63) is 92.8 Å². The number of anilines is 1. The van der Waals surface area contributed by atoms with Crippen LogP contribution in [-0.4, -0.2) is 35.7 Å². The van der Waals surface area contributed by atoms with E-state index in [9.17, 15) is 14.4 Å². The number of methoxy groups -OCH3 is 1. The Balaban J connectivity index is 1.42. The summed E-state index contributed by atoms with van der Waals surface area (Å²) in [6.45, 7) is 1.91. The summed E-state index contributed by atoms with van der Waals surface area (Å²) < 4.78 is 12.0. The number of hydrogen-bond acceptors (Lipinski definition) is 6. The average Bonchev–Trinajstić information content (AvgIpc) is 3.12. The normalized spacial score (nSPS) is 14.3. The zero-order valence-electron chi connectivity index (χ0n) is 19.6. The number of ether oxygens (including phenoxy) is 2. The second kappa shape index (κ2) is 11.5. The number of carbonyl (C=O) groups is 3. The molecule has 184 valence electrons. The molecule has 0 aliphatic carbocycles. The van der Waals surface area contributed by atoms with Gasteiger partial charge in [0.05, 0.1) is 18.6 Å². The maximum atomic E-state index is 12.9. The molecular weight excluding hydrogens is 544 g/mol. The van der Waals surface area contributed by atoms with Gasteiger partial charge in [-0.2, -0.15) is 0 Å². The summed E-state index contributed by atoms with van der Waals surface area (Å²) in [5.41, 5.74) is 3.19. The first-order valence-electron chi connectivity index (χ1n) is 11.0. The molecule has 1 heterocycles. The van der Waals surface area contributed by atoms with Crippen LogP contribution >= 0.6 is 27.7 Å². The number of hydrogen-bond donors (Lipinski definition) is 1. The van der Waals surface area contributed by atoms with E-state index in [1.165, 1.54) is 12.0 Å². The highest BCUT2D eigenvalue weighted by atomic mass is 79.9. The molecule has 0 spiro atoms. The van der Waals surface area contributed by atoms with Gasteiger partial charge in [-0.3, -0.25) is 19.3 Å². The molecule has 0 unspecified atom stereocenters. The lowest BCUT2D eigenvalue weighted by Gasteiger charge is -2.13. The zero-order valence-corrected chi connectivity index (χ0v) is 22.0. The summed E-state index contributed by atoms with van der Waals surface area (Å²) in [6.07, 6.45) is 1.64. The molecule has 0 saturated carbocycles. The molecule has 3 amide bonds. The Bertz CT molecular complexity index is 1360. The molecule has 1 aliphatic rings. The predicted octanol–water partition coefficient (Wildman–Crippen LogP) is 6.02. The first-order chi connectivity index (χ1) is 17.3. The average molecular weight is 567 g/mol. The van der Waals surface area contributed by atoms with Gasteiger partial charge in [-0.05, 0) is 71.8 Å². The molecule has 9 heteroatoms. The first-order valence-corrected chi connectivity index (χ1v) is 12.6. The molecule has 0 atom stereocenters. The summed E-state index contributed by atoms with van der Waals surface area (Å²) >= 11 is 4.30. The number of rotatable bonds is 8. The third-order valence-corrected chi connectivity index (χ3v) is 6.77. The summed E-state index contributed by atoms with van der Waals surface area (Å²) in [6, 6.07) is 20.0. The van der Waals surface area contributed by atoms with Crippen molar-refractivity contribution in [3.63, 3.8) is 0 Å². The van der Waals surface area contributed by atoms with Gasteiger partial charge in [0.1, 0.15) is 0 Å². The van der Waals surface area contributed by atoms with E-state index in [4.69, 9.17) is 9.47 Å². The van der Waals surface area contributed by atoms with Crippen LogP contribution < -0.4 is 14.8 Å². The summed E-state index contributed by atoms with van der Waals surface area (Å²) in [7, 11) is 1.49. The van der Waals surface area contributed by atoms with E-state index < -0.39 is 0 Å². The van der Waals surface area contributed by atoms with Crippen LogP contribution in [-0.2, 0) is 16.1 Å². The number of benzene rings is 3. The molecule has 4 rings (SSSR count). The second-order valence-corrected chi connectivity index (χ2v) is 9.87. The number of carbonyl (C=O) groups excluding carboxylic acids is 3. The van der Waals surface area contributed by atoms with Crippen molar-refractivity contribution in [1.82, 2.24) is 4.90 Å². The van der Waals surface area contributed by atoms with Gasteiger partial charge in [0.2, 0.25) is 0 Å². The van der Waals surface area contributed by atoms with E-state index in [1.54, 1.807) is 24.3 Å². The largest absolute Gasteiger partial charge is 0.493 e. The minimum Gasteiger partial charge on any atom is -0.493 e. The topological polar surface area (TPSA) is 84.9 Å². The lowest BCUT2D eigenvalue weighted by atomic mass is 10.1. The number of nitrogens with zero attached hydrogens (tertiary/aromatic N) is 1. The quantitative estimate of drug-likeness (QED) is 0.335. The van der Waals surface area contributed by atoms with E-state index in [1.807, 2.05) is 55.5 Å². The van der Waals surface area contributed by atoms with Crippen LogP contribution in [0.15, 0.2) is 76.1 Å². The Kier molecular flexibility index (Phi) is 8.12. The summed E-state index contributed by atoms with van der Waals surface area (Å²) in [5, 5.41) is 2.50. The van der Waals surface area contributed by atoms with Gasteiger partial charge in [0.25, 0.3) is 17.1 Å². The molecule has 0 bridgehead atoms. The van der Waals surface area contributed by atoms with Crippen molar-refractivity contribution in [2.24, 2.45) is 0 Å². The van der Waals surface area contributed by atoms with Gasteiger partial charge in [0.15, 0.2) is 18.1 Å². The number of imide groups is 1. The maximum Gasteiger partial charge on any atom is 0.293 e. The molecule has 3 aromatic rings. The highest BCUT2D eigenvalue weighted by molar-refractivity contribution is 9.10. The van der Waals surface area contributed by atoms with Crippen LogP contribution in [0.2, 0.25) is 0 Å². The predicted molar refractivity (Wildman–Crippen MR) is 144 cm³/mol. The Morgan fingerprint density at radius 2 is 1.86 bits per heavy atom. The van der Waals surface area contributed by atoms with Crippen LogP contribution in [0.5, 0.6) is 11.5 Å². The molecule has 0 radical (unpaired) electrons. The minimum atomic E-state index is -0.350. The Morgan fingerprint density at radius 1 is 1.06 bits per heavy atom. The van der Waals surface area contributed by atoms with Crippen LogP contribution in [0, 0.1) is 6.92 Å². The Morgan fingerprint density at radius 3 is 2.61 bits per heavy atom. The summed E-state index contributed by atoms with van der Waals surface area (Å²) in [5.74, 6) is 0.143. The Hall–Kier alpha value is -3.56. The van der Waals surface area contributed by atoms with Gasteiger partial charge in [-0.15, -0.1) is 0 Å². The van der Waals surface area contributed by atoms with Crippen LogP contribution in [0.4, 0.5) is 10.5 Å². The molecule has 7 nitrogen and oxygen atoms in total. The van der Waals surface area contributed by atoms with E-state index in [0.29, 0.717) is 22.0 Å². The monoisotopic (exact) mass is 566 g/mol. The smallest absolute Gasteiger partial charge is 0.293 e. The molecule has 3 aromatic carbocycles. The number of thioether (sulfide) groups is 1. The molecule has 1 aliphatic heterocycles. The standard InChI is InChI=1S/C27H23BrN2O5S/c1-17-6-3-4-9-21(17)29-25(31)16-35-22-11-10-18(13-23(22)34-2)14-24-26(32)30(27(33)36-24)15-19-7-5-8-20(28)12-19/h3-14H,15-16H2,1-2H3,(H,29,31)/b24-14-. The number of para-hydroxylation sites is 1. The van der Waals surface area contributed by atoms with Crippen LogP contribution in [0.3, 0.4) is 0 Å². The molecule has 36 heavy (non-hydrogen) atoms. The van der Waals surface area contributed by atoms with Crippen molar-refractivity contribution in [1.29, 1.82) is 0 Å². The molecule has 0 aromatic heterocycles. The van der Waals surface area contributed by atoms with Gasteiger partial charge < -0.3 is 14.8 Å². The fourth-order valence-electron chi connectivity index (χ4n) is 3.54. The van der Waals surface area contributed by atoms with E-state index in [2.05, 4.69) is 21.2 Å². The maximum absolute atomic E-state index is 12.9. The SMILES string of the molecule is COc1cc(/C=C2\SC(=O)N(Cc3cccc(Br)c3)C2=O)ccc1OCC(=O)Nc1ccccc1C. The van der Waals surface area contributed by atoms with Gasteiger partial charge >= 0.3 is 0 Å². The fraction of sp³-hybridized carbons (Fsp3) is 0.148. The first kappa shape index (κ1) is 25.5. The van der Waals surface area contributed by atoms with Gasteiger partial charge in [-0.1, -0.05) is 52.3 Å². The zero-order chi connectivity index (χ0) is 25.7. The van der Waals surface area contributed by atoms with Crippen molar-refractivity contribution >= 4 is 56.5 Å². The second-order valence-electron chi connectivity index (χ2n) is 7.96. The van der Waals surface area contributed by atoms with Crippen molar-refractivity contribution in [2.75, 3.05) is 19.0 Å². The lowest BCUT2D eigenvalue weighted by Crippen LogP contribution is -2.27. The minimum absolute atomic E-state index is 0.196. The number of amides is 3. The number of aryl methyl sites for hydroxylation is 1. The van der Waals surface area contributed by atoms with Crippen LogP contribution in [0.1, 0.15) is 16.7 Å². The van der Waals surface area contributed by atoms with Gasteiger partial charge in [-0.25, -0.2) is 0 Å². The Labute approximate surface area is 221 Å². The molecular formula is C27H23BrN2O5S. The van der Waals surface area contributed by atoms with Crippen molar-refractivity contribution < 1.29 is 23.9 Å². The highest BCUT2D eigenvalue weighted by Crippen LogP contribution is 2.35.